The van der Waals surface area contributed by atoms with E-state index in [0.717, 1.165) is 22.9 Å². The van der Waals surface area contributed by atoms with E-state index in [1.165, 1.54) is 19.3 Å². The fourth-order valence-corrected chi connectivity index (χ4v) is 4.08. The highest BCUT2D eigenvalue weighted by atomic mass is 79.9. The predicted octanol–water partition coefficient (Wildman–Crippen LogP) is 4.90. The molecular formula is C16H18BrClO3. The van der Waals surface area contributed by atoms with Gasteiger partial charge in [-0.25, -0.2) is 4.79 Å². The van der Waals surface area contributed by atoms with E-state index in [9.17, 15) is 9.59 Å². The Kier molecular flexibility index (Phi) is 5.82. The van der Waals surface area contributed by atoms with Gasteiger partial charge in [0.1, 0.15) is 0 Å². The second-order valence-electron chi connectivity index (χ2n) is 5.24. The van der Waals surface area contributed by atoms with Gasteiger partial charge in [-0.05, 0) is 43.4 Å². The van der Waals surface area contributed by atoms with E-state index < -0.39 is 11.8 Å². The van der Waals surface area contributed by atoms with Gasteiger partial charge in [0.2, 0.25) is 0 Å². The van der Waals surface area contributed by atoms with Gasteiger partial charge < -0.3 is 4.74 Å². The third-order valence-corrected chi connectivity index (χ3v) is 4.78. The summed E-state index contributed by atoms with van der Waals surface area (Å²) in [5.74, 6) is -1.08. The summed E-state index contributed by atoms with van der Waals surface area (Å²) in [6.07, 6.45) is 5.91. The Labute approximate surface area is 138 Å². The first-order valence-electron chi connectivity index (χ1n) is 7.25. The summed E-state index contributed by atoms with van der Waals surface area (Å²) in [5, 5.41) is 0.545. The van der Waals surface area contributed by atoms with E-state index in [2.05, 4.69) is 15.9 Å². The Bertz CT molecular complexity index is 527. The maximum atomic E-state index is 12.0. The fourth-order valence-electron chi connectivity index (χ4n) is 2.81. The number of benzene rings is 1. The average Bonchev–Trinajstić information content (AvgIpc) is 2.47. The number of esters is 1. The lowest BCUT2D eigenvalue weighted by molar-refractivity contribution is -0.137. The first-order chi connectivity index (χ1) is 10.0. The molecule has 0 aliphatic heterocycles. The number of carbonyl (C=O) groups is 2. The molecule has 0 radical (unpaired) electrons. The number of carbonyl (C=O) groups excluding carboxylic acids is 2. The lowest BCUT2D eigenvalue weighted by Gasteiger charge is -2.24. The van der Waals surface area contributed by atoms with Crippen molar-refractivity contribution in [3.05, 3.63) is 32.8 Å². The summed E-state index contributed by atoms with van der Waals surface area (Å²) in [6.45, 7) is 1.85. The smallest absolute Gasteiger partial charge is 0.379 e. The van der Waals surface area contributed by atoms with Crippen molar-refractivity contribution in [1.82, 2.24) is 0 Å². The normalized spacial score (nSPS) is 15.8. The molecule has 5 heteroatoms. The van der Waals surface area contributed by atoms with E-state index in [-0.39, 0.29) is 12.2 Å². The van der Waals surface area contributed by atoms with E-state index in [1.807, 2.05) is 0 Å². The van der Waals surface area contributed by atoms with Crippen LogP contribution in [-0.4, -0.2) is 18.4 Å². The molecule has 21 heavy (non-hydrogen) atoms. The lowest BCUT2D eigenvalue weighted by Crippen LogP contribution is -2.18. The molecule has 0 unspecified atom stereocenters. The van der Waals surface area contributed by atoms with Crippen molar-refractivity contribution in [2.45, 2.75) is 44.9 Å². The second kappa shape index (κ2) is 7.41. The number of ketones is 1. The van der Waals surface area contributed by atoms with E-state index in [1.54, 1.807) is 19.1 Å². The van der Waals surface area contributed by atoms with Crippen LogP contribution in [0, 0.1) is 0 Å². The molecule has 114 valence electrons. The summed E-state index contributed by atoms with van der Waals surface area (Å²) >= 11 is 9.86. The average molecular weight is 374 g/mol. The molecular weight excluding hydrogens is 356 g/mol. The number of rotatable bonds is 4. The minimum absolute atomic E-state index is 0.180. The van der Waals surface area contributed by atoms with Crippen molar-refractivity contribution in [3.8, 4) is 0 Å². The largest absolute Gasteiger partial charge is 0.460 e. The Balaban J connectivity index is 2.28. The molecule has 1 aromatic carbocycles. The molecule has 1 aliphatic carbocycles. The van der Waals surface area contributed by atoms with Gasteiger partial charge in [0, 0.05) is 15.1 Å². The van der Waals surface area contributed by atoms with Crippen LogP contribution >= 0.6 is 27.5 Å². The highest BCUT2D eigenvalue weighted by Gasteiger charge is 2.24. The molecule has 0 amide bonds. The summed E-state index contributed by atoms with van der Waals surface area (Å²) in [7, 11) is 0. The van der Waals surface area contributed by atoms with Gasteiger partial charge in [0.15, 0.2) is 0 Å². The zero-order valence-electron chi connectivity index (χ0n) is 12.0. The number of ether oxygens (including phenoxy) is 1. The van der Waals surface area contributed by atoms with E-state index in [0.29, 0.717) is 10.9 Å². The van der Waals surface area contributed by atoms with Crippen molar-refractivity contribution in [2.24, 2.45) is 0 Å². The van der Waals surface area contributed by atoms with Crippen molar-refractivity contribution in [1.29, 1.82) is 0 Å². The van der Waals surface area contributed by atoms with Crippen LogP contribution in [0.15, 0.2) is 16.6 Å². The molecule has 1 aliphatic rings. The van der Waals surface area contributed by atoms with Crippen LogP contribution in [0.25, 0.3) is 0 Å². The van der Waals surface area contributed by atoms with Gasteiger partial charge in [0.25, 0.3) is 5.78 Å². The standard InChI is InChI=1S/C16H18BrClO3/c1-2-21-16(20)15(19)11-8-12(17)14(13(18)9-11)10-6-4-3-5-7-10/h8-10H,2-7H2,1H3. The van der Waals surface area contributed by atoms with Gasteiger partial charge in [-0.15, -0.1) is 0 Å². The molecule has 0 spiro atoms. The Morgan fingerprint density at radius 1 is 1.29 bits per heavy atom. The Morgan fingerprint density at radius 3 is 2.52 bits per heavy atom. The first-order valence-corrected chi connectivity index (χ1v) is 8.42. The highest BCUT2D eigenvalue weighted by Crippen LogP contribution is 2.40. The van der Waals surface area contributed by atoms with Crippen LogP contribution in [0.5, 0.6) is 0 Å². The Hall–Kier alpha value is -0.870. The lowest BCUT2D eigenvalue weighted by atomic mass is 9.83. The summed E-state index contributed by atoms with van der Waals surface area (Å²) in [5.41, 5.74) is 1.32. The molecule has 2 rings (SSSR count). The van der Waals surface area contributed by atoms with Crippen molar-refractivity contribution < 1.29 is 14.3 Å². The van der Waals surface area contributed by atoms with Gasteiger partial charge in [-0.1, -0.05) is 46.8 Å². The van der Waals surface area contributed by atoms with Crippen LogP contribution in [0.2, 0.25) is 5.02 Å². The minimum Gasteiger partial charge on any atom is -0.460 e. The van der Waals surface area contributed by atoms with Crippen LogP contribution in [0.4, 0.5) is 0 Å². The van der Waals surface area contributed by atoms with E-state index >= 15 is 0 Å². The minimum atomic E-state index is -0.842. The van der Waals surface area contributed by atoms with Crippen molar-refractivity contribution in [3.63, 3.8) is 0 Å². The van der Waals surface area contributed by atoms with Crippen LogP contribution in [-0.2, 0) is 9.53 Å². The van der Waals surface area contributed by atoms with Gasteiger partial charge >= 0.3 is 5.97 Å². The van der Waals surface area contributed by atoms with Gasteiger partial charge in [-0.2, -0.15) is 0 Å². The number of Topliss-reactive ketones (excluding diaryl/α,β-unsaturated/α-hetero) is 1. The third-order valence-electron chi connectivity index (χ3n) is 3.82. The zero-order valence-corrected chi connectivity index (χ0v) is 14.3. The molecule has 1 fully saturated rings. The second-order valence-corrected chi connectivity index (χ2v) is 6.50. The molecule has 0 atom stereocenters. The topological polar surface area (TPSA) is 43.4 Å². The molecule has 0 heterocycles. The van der Waals surface area contributed by atoms with Crippen molar-refractivity contribution >= 4 is 39.3 Å². The summed E-state index contributed by atoms with van der Waals surface area (Å²) in [6, 6.07) is 3.25. The van der Waals surface area contributed by atoms with Gasteiger partial charge in [-0.3, -0.25) is 4.79 Å². The van der Waals surface area contributed by atoms with Crippen LogP contribution < -0.4 is 0 Å². The predicted molar refractivity (Wildman–Crippen MR) is 85.9 cm³/mol. The monoisotopic (exact) mass is 372 g/mol. The maximum Gasteiger partial charge on any atom is 0.379 e. The van der Waals surface area contributed by atoms with E-state index in [4.69, 9.17) is 16.3 Å². The third kappa shape index (κ3) is 3.86. The quantitative estimate of drug-likeness (QED) is 0.428. The maximum absolute atomic E-state index is 12.0. The van der Waals surface area contributed by atoms with Gasteiger partial charge in [0.05, 0.1) is 6.61 Å². The highest BCUT2D eigenvalue weighted by molar-refractivity contribution is 9.10. The molecule has 1 saturated carbocycles. The fraction of sp³-hybridized carbons (Fsp3) is 0.500. The SMILES string of the molecule is CCOC(=O)C(=O)c1cc(Cl)c(C2CCCCC2)c(Br)c1. The van der Waals surface area contributed by atoms with Crippen LogP contribution in [0.1, 0.15) is 60.9 Å². The summed E-state index contributed by atoms with van der Waals surface area (Å²) in [4.78, 5) is 23.5. The first kappa shape index (κ1) is 16.5. The molecule has 0 saturated heterocycles. The van der Waals surface area contributed by atoms with Crippen molar-refractivity contribution in [2.75, 3.05) is 6.61 Å². The Morgan fingerprint density at radius 2 is 1.95 bits per heavy atom. The molecule has 1 aromatic rings. The molecule has 0 N–H and O–H groups in total. The summed E-state index contributed by atoms with van der Waals surface area (Å²) < 4.78 is 5.54. The zero-order chi connectivity index (χ0) is 15.4. The number of hydrogen-bond acceptors (Lipinski definition) is 3. The number of hydrogen-bond donors (Lipinski definition) is 0. The molecule has 3 nitrogen and oxygen atoms in total. The molecule has 0 aromatic heterocycles. The number of halogens is 2. The molecule has 0 bridgehead atoms. The van der Waals surface area contributed by atoms with Crippen LogP contribution in [0.3, 0.4) is 0 Å².